The molecule has 0 heterocycles. The van der Waals surface area contributed by atoms with E-state index in [0.717, 1.165) is 13.0 Å². The third-order valence-electron chi connectivity index (χ3n) is 4.13. The number of halogens is 15. The van der Waals surface area contributed by atoms with Gasteiger partial charge in [-0.25, -0.2) is 4.79 Å². The molecule has 0 aliphatic heterocycles. The number of aliphatic carboxylic acids is 1. The summed E-state index contributed by atoms with van der Waals surface area (Å²) in [4.78, 5) is 10.4. The first-order chi connectivity index (χ1) is 13.8. The van der Waals surface area contributed by atoms with Crippen molar-refractivity contribution in [2.45, 2.75) is 74.3 Å². The smallest absolute Gasteiger partial charge is 0.460 e. The highest BCUT2D eigenvalue weighted by molar-refractivity contribution is 5.85. The molecule has 0 radical (unpaired) electrons. The van der Waals surface area contributed by atoms with Crippen molar-refractivity contribution in [1.29, 1.82) is 0 Å². The van der Waals surface area contributed by atoms with E-state index in [4.69, 9.17) is 5.11 Å². The zero-order chi connectivity index (χ0) is 26.2. The van der Waals surface area contributed by atoms with Gasteiger partial charge in [-0.3, -0.25) is 0 Å². The number of rotatable bonds is 11. The van der Waals surface area contributed by atoms with Gasteiger partial charge in [0.05, 0.1) is 0 Å². The van der Waals surface area contributed by atoms with Crippen LogP contribution in [0.25, 0.3) is 0 Å². The normalized spacial score (nSPS) is 15.8. The Morgan fingerprint density at radius 3 is 1.41 bits per heavy atom. The predicted molar refractivity (Wildman–Crippen MR) is 75.6 cm³/mol. The molecular formula is C15H13F15O2. The van der Waals surface area contributed by atoms with Gasteiger partial charge in [0.15, 0.2) is 0 Å². The van der Waals surface area contributed by atoms with Gasteiger partial charge in [-0.1, -0.05) is 6.08 Å². The van der Waals surface area contributed by atoms with Crippen LogP contribution in [0, 0.1) is 0 Å². The van der Waals surface area contributed by atoms with Crippen molar-refractivity contribution in [3.63, 3.8) is 0 Å². The summed E-state index contributed by atoms with van der Waals surface area (Å²) in [7, 11) is 0. The van der Waals surface area contributed by atoms with E-state index in [1.807, 2.05) is 0 Å². The lowest BCUT2D eigenvalue weighted by molar-refractivity contribution is -0.452. The van der Waals surface area contributed by atoms with Gasteiger partial charge in [0.25, 0.3) is 0 Å². The maximum atomic E-state index is 13.5. The molecule has 0 fully saturated rings. The summed E-state index contributed by atoms with van der Waals surface area (Å²) in [6.45, 7) is 1.02. The summed E-state index contributed by atoms with van der Waals surface area (Å²) < 4.78 is 195. The molecule has 1 N–H and O–H groups in total. The van der Waals surface area contributed by atoms with E-state index >= 15 is 0 Å². The number of hydrogen-bond acceptors (Lipinski definition) is 1. The second kappa shape index (κ2) is 8.83. The van der Waals surface area contributed by atoms with Crippen LogP contribution in [-0.4, -0.2) is 52.8 Å². The zero-order valence-electron chi connectivity index (χ0n) is 15.4. The molecule has 0 saturated carbocycles. The fourth-order valence-corrected chi connectivity index (χ4v) is 2.05. The third-order valence-corrected chi connectivity index (χ3v) is 4.13. The molecule has 0 aliphatic carbocycles. The van der Waals surface area contributed by atoms with Crippen molar-refractivity contribution in [1.82, 2.24) is 0 Å². The van der Waals surface area contributed by atoms with Crippen LogP contribution >= 0.6 is 0 Å². The van der Waals surface area contributed by atoms with Crippen molar-refractivity contribution in [2.75, 3.05) is 0 Å². The second-order valence-electron chi connectivity index (χ2n) is 6.51. The zero-order valence-corrected chi connectivity index (χ0v) is 15.4. The summed E-state index contributed by atoms with van der Waals surface area (Å²) in [6.07, 6.45) is -11.4. The van der Waals surface area contributed by atoms with E-state index in [0.29, 0.717) is 0 Å². The van der Waals surface area contributed by atoms with Crippen molar-refractivity contribution in [3.8, 4) is 0 Å². The summed E-state index contributed by atoms with van der Waals surface area (Å²) in [6, 6.07) is 0. The minimum Gasteiger partial charge on any atom is -0.478 e. The summed E-state index contributed by atoms with van der Waals surface area (Å²) in [5.41, 5.74) is -0.346. The largest absolute Gasteiger partial charge is 0.478 e. The second-order valence-corrected chi connectivity index (χ2v) is 6.51. The molecule has 0 aromatic carbocycles. The average molecular weight is 510 g/mol. The van der Waals surface area contributed by atoms with Crippen LogP contribution in [0.5, 0.6) is 0 Å². The lowest BCUT2D eigenvalue weighted by atomic mass is 9.89. The molecule has 0 aromatic rings. The predicted octanol–water partition coefficient (Wildman–Crippen LogP) is 6.95. The molecule has 2 nitrogen and oxygen atoms in total. The Labute approximate surface area is 169 Å². The Balaban J connectivity index is 5.86. The number of unbranched alkanes of at least 4 members (excludes halogenated alkanes) is 2. The lowest BCUT2D eigenvalue weighted by Gasteiger charge is -2.41. The van der Waals surface area contributed by atoms with Crippen LogP contribution in [-0.2, 0) is 4.79 Å². The van der Waals surface area contributed by atoms with Crippen molar-refractivity contribution < 1.29 is 75.8 Å². The fraction of sp³-hybridized carbons (Fsp3) is 0.800. The summed E-state index contributed by atoms with van der Waals surface area (Å²) in [5, 5.41) is 8.49. The van der Waals surface area contributed by atoms with E-state index in [-0.39, 0.29) is 5.57 Å². The lowest BCUT2D eigenvalue weighted by Crippen LogP contribution is -2.72. The van der Waals surface area contributed by atoms with Gasteiger partial charge < -0.3 is 5.11 Å². The SMILES string of the molecule is CC(=CCCCCC(F)(F)C(F)(F)C(F)(F)C(F)(F)C(F)(F)C(F)(F)C(F)(F)F)C(=O)O. The Hall–Kier alpha value is -1.84. The molecule has 32 heavy (non-hydrogen) atoms. The van der Waals surface area contributed by atoms with E-state index in [2.05, 4.69) is 0 Å². The van der Waals surface area contributed by atoms with Crippen LogP contribution in [0.4, 0.5) is 65.9 Å². The molecule has 0 amide bonds. The Bertz CT molecular complexity index is 706. The molecule has 0 bridgehead atoms. The van der Waals surface area contributed by atoms with Crippen LogP contribution in [0.1, 0.15) is 32.6 Å². The fourth-order valence-electron chi connectivity index (χ4n) is 2.05. The van der Waals surface area contributed by atoms with E-state index < -0.39 is 73.4 Å². The van der Waals surface area contributed by atoms with E-state index in [1.165, 1.54) is 0 Å². The van der Waals surface area contributed by atoms with Gasteiger partial charge in [-0.2, -0.15) is 65.9 Å². The van der Waals surface area contributed by atoms with Crippen molar-refractivity contribution >= 4 is 5.97 Å². The highest BCUT2D eigenvalue weighted by Gasteiger charge is 2.93. The maximum absolute atomic E-state index is 13.5. The third kappa shape index (κ3) is 4.89. The number of carbonyl (C=O) groups is 1. The van der Waals surface area contributed by atoms with Crippen LogP contribution in [0.2, 0.25) is 0 Å². The highest BCUT2D eigenvalue weighted by Crippen LogP contribution is 2.62. The first-order valence-corrected chi connectivity index (χ1v) is 8.06. The van der Waals surface area contributed by atoms with Gasteiger partial charge in [0.2, 0.25) is 0 Å². The number of allylic oxidation sites excluding steroid dienone is 1. The topological polar surface area (TPSA) is 37.3 Å². The summed E-state index contributed by atoms with van der Waals surface area (Å²) >= 11 is 0. The van der Waals surface area contributed by atoms with Crippen molar-refractivity contribution in [2.24, 2.45) is 0 Å². The molecule has 0 unspecified atom stereocenters. The number of carboxylic acids is 1. The number of alkyl halides is 15. The number of hydrogen-bond donors (Lipinski definition) is 1. The Morgan fingerprint density at radius 2 is 1.03 bits per heavy atom. The van der Waals surface area contributed by atoms with Gasteiger partial charge in [-0.15, -0.1) is 0 Å². The van der Waals surface area contributed by atoms with Crippen molar-refractivity contribution in [3.05, 3.63) is 11.6 Å². The molecule has 0 spiro atoms. The summed E-state index contributed by atoms with van der Waals surface area (Å²) in [5.74, 6) is -47.8. The average Bonchev–Trinajstić information content (AvgIpc) is 2.59. The first kappa shape index (κ1) is 30.2. The van der Waals surface area contributed by atoms with Gasteiger partial charge >= 0.3 is 47.7 Å². The van der Waals surface area contributed by atoms with E-state index in [1.54, 1.807) is 0 Å². The van der Waals surface area contributed by atoms with Gasteiger partial charge in [0, 0.05) is 12.0 Å². The maximum Gasteiger partial charge on any atom is 0.460 e. The van der Waals surface area contributed by atoms with Crippen LogP contribution in [0.3, 0.4) is 0 Å². The van der Waals surface area contributed by atoms with Crippen LogP contribution < -0.4 is 0 Å². The molecule has 0 saturated heterocycles. The first-order valence-electron chi connectivity index (χ1n) is 8.06. The quantitative estimate of drug-likeness (QED) is 0.186. The van der Waals surface area contributed by atoms with Crippen LogP contribution in [0.15, 0.2) is 11.6 Å². The minimum atomic E-state index is -8.28. The Morgan fingerprint density at radius 1 is 0.656 bits per heavy atom. The standard InChI is InChI=1S/C15H13F15O2/c1-7(8(31)32)5-3-2-4-6-9(16,17)10(18,19)11(20,21)12(22,23)13(24,25)14(26,27)15(28,29)30/h5H,2-4,6H2,1H3,(H,31,32). The molecule has 190 valence electrons. The van der Waals surface area contributed by atoms with Gasteiger partial charge in [0.1, 0.15) is 0 Å². The molecule has 0 atom stereocenters. The Kier molecular flexibility index (Phi) is 8.33. The number of carboxylic acid groups (broad SMARTS) is 1. The van der Waals surface area contributed by atoms with E-state index in [9.17, 15) is 70.7 Å². The molecule has 0 aliphatic rings. The molecule has 0 rings (SSSR count). The molecular weight excluding hydrogens is 497 g/mol. The monoisotopic (exact) mass is 510 g/mol. The minimum absolute atomic E-state index is 0.346. The molecule has 17 heteroatoms. The highest BCUT2D eigenvalue weighted by atomic mass is 19.4. The molecule has 0 aromatic heterocycles. The van der Waals surface area contributed by atoms with Gasteiger partial charge in [-0.05, 0) is 26.2 Å².